The van der Waals surface area contributed by atoms with E-state index < -0.39 is 11.7 Å². The fraction of sp³-hybridized carbons (Fsp3) is 0.519. The first kappa shape index (κ1) is 25.5. The van der Waals surface area contributed by atoms with Crippen molar-refractivity contribution < 1.29 is 18.7 Å². The molecular formula is C27H33FN8O3. The van der Waals surface area contributed by atoms with Crippen LogP contribution >= 0.6 is 0 Å². The maximum atomic E-state index is 14.1. The first-order valence-corrected chi connectivity index (χ1v) is 13.7. The number of rotatable bonds is 8. The van der Waals surface area contributed by atoms with E-state index in [1.165, 1.54) is 23.0 Å². The summed E-state index contributed by atoms with van der Waals surface area (Å²) < 4.78 is 20.9. The summed E-state index contributed by atoms with van der Waals surface area (Å²) in [6.45, 7) is 2.62. The molecule has 1 aliphatic heterocycles. The maximum absolute atomic E-state index is 14.1. The first-order valence-electron chi connectivity index (χ1n) is 13.7. The Bertz CT molecular complexity index is 1350. The van der Waals surface area contributed by atoms with Gasteiger partial charge in [-0.15, -0.1) is 5.10 Å². The van der Waals surface area contributed by atoms with Crippen LogP contribution in [-0.2, 0) is 9.53 Å². The molecule has 0 radical (unpaired) electrons. The summed E-state index contributed by atoms with van der Waals surface area (Å²) in [7, 11) is 0. The van der Waals surface area contributed by atoms with Crippen molar-refractivity contribution >= 4 is 34.7 Å². The van der Waals surface area contributed by atoms with Crippen molar-refractivity contribution in [1.29, 1.82) is 0 Å². The SMILES string of the molecule is O=C(Nc1ccncc1F)c1cnc2c(NC3CC3)cc(NC3CCC(CC(=O)N4CCOCC4)CC3)nn12. The molecule has 0 unspecified atom stereocenters. The van der Waals surface area contributed by atoms with Crippen LogP contribution in [0.2, 0.25) is 0 Å². The van der Waals surface area contributed by atoms with Crippen LogP contribution < -0.4 is 16.0 Å². The predicted octanol–water partition coefficient (Wildman–Crippen LogP) is 3.31. The fourth-order valence-electron chi connectivity index (χ4n) is 5.32. The summed E-state index contributed by atoms with van der Waals surface area (Å²) in [5.41, 5.74) is 1.58. The number of hydrogen-bond acceptors (Lipinski definition) is 8. The van der Waals surface area contributed by atoms with E-state index in [1.54, 1.807) is 0 Å². The number of halogens is 1. The Balaban J connectivity index is 1.14. The molecule has 11 nitrogen and oxygen atoms in total. The van der Waals surface area contributed by atoms with Crippen molar-refractivity contribution in [2.24, 2.45) is 5.92 Å². The number of carbonyl (C=O) groups is 2. The highest BCUT2D eigenvalue weighted by molar-refractivity contribution is 6.03. The lowest BCUT2D eigenvalue weighted by atomic mass is 9.84. The second-order valence-corrected chi connectivity index (χ2v) is 10.6. The number of aromatic nitrogens is 4. The molecule has 6 rings (SSSR count). The number of carbonyl (C=O) groups excluding carboxylic acids is 2. The number of ether oxygens (including phenoxy) is 1. The predicted molar refractivity (Wildman–Crippen MR) is 143 cm³/mol. The van der Waals surface area contributed by atoms with Crippen LogP contribution in [0.25, 0.3) is 5.65 Å². The monoisotopic (exact) mass is 536 g/mol. The molecule has 0 atom stereocenters. The topological polar surface area (TPSA) is 126 Å². The van der Waals surface area contributed by atoms with E-state index in [9.17, 15) is 14.0 Å². The molecule has 12 heteroatoms. The molecule has 3 aliphatic rings. The van der Waals surface area contributed by atoms with Gasteiger partial charge in [-0.25, -0.2) is 13.9 Å². The van der Waals surface area contributed by atoms with Gasteiger partial charge in [0.05, 0.1) is 37.0 Å². The van der Waals surface area contributed by atoms with Gasteiger partial charge in [0, 0.05) is 43.9 Å². The first-order chi connectivity index (χ1) is 19.0. The van der Waals surface area contributed by atoms with E-state index in [1.807, 2.05) is 11.0 Å². The molecule has 3 aromatic rings. The highest BCUT2D eigenvalue weighted by Gasteiger charge is 2.28. The Morgan fingerprint density at radius 3 is 2.49 bits per heavy atom. The van der Waals surface area contributed by atoms with E-state index >= 15 is 0 Å². The smallest absolute Gasteiger partial charge is 0.276 e. The Hall–Kier alpha value is -3.80. The van der Waals surface area contributed by atoms with Crippen molar-refractivity contribution in [2.45, 2.75) is 57.0 Å². The highest BCUT2D eigenvalue weighted by atomic mass is 19.1. The van der Waals surface area contributed by atoms with Crippen molar-refractivity contribution in [3.8, 4) is 0 Å². The molecule has 3 aromatic heterocycles. The van der Waals surface area contributed by atoms with Crippen molar-refractivity contribution in [3.63, 3.8) is 0 Å². The van der Waals surface area contributed by atoms with Crippen LogP contribution in [0.3, 0.4) is 0 Å². The second kappa shape index (κ2) is 11.1. The summed E-state index contributed by atoms with van der Waals surface area (Å²) in [5, 5.41) is 14.3. The van der Waals surface area contributed by atoms with Gasteiger partial charge in [0.25, 0.3) is 5.91 Å². The Morgan fingerprint density at radius 2 is 1.74 bits per heavy atom. The molecule has 206 valence electrons. The van der Waals surface area contributed by atoms with Crippen molar-refractivity contribution in [1.82, 2.24) is 24.5 Å². The molecule has 3 N–H and O–H groups in total. The zero-order valence-corrected chi connectivity index (χ0v) is 21.7. The van der Waals surface area contributed by atoms with Gasteiger partial charge in [-0.1, -0.05) is 0 Å². The molecule has 4 heterocycles. The fourth-order valence-corrected chi connectivity index (χ4v) is 5.32. The highest BCUT2D eigenvalue weighted by Crippen LogP contribution is 2.32. The molecule has 2 saturated carbocycles. The Kier molecular flexibility index (Phi) is 7.27. The van der Waals surface area contributed by atoms with E-state index in [0.29, 0.717) is 56.1 Å². The lowest BCUT2D eigenvalue weighted by Gasteiger charge is -2.32. The molecular weight excluding hydrogens is 503 g/mol. The molecule has 0 aromatic carbocycles. The molecule has 0 spiro atoms. The minimum Gasteiger partial charge on any atom is -0.379 e. The summed E-state index contributed by atoms with van der Waals surface area (Å²) in [6, 6.07) is 3.94. The summed E-state index contributed by atoms with van der Waals surface area (Å²) >= 11 is 0. The van der Waals surface area contributed by atoms with Crippen molar-refractivity contribution in [2.75, 3.05) is 42.3 Å². The largest absolute Gasteiger partial charge is 0.379 e. The Labute approximate surface area is 225 Å². The quantitative estimate of drug-likeness (QED) is 0.400. The van der Waals surface area contributed by atoms with Crippen LogP contribution in [-0.4, -0.2) is 74.7 Å². The standard InChI is InChI=1S/C27H33FN8O3/c28-20-15-29-8-7-21(20)33-27(38)23-16-30-26-22(31-18-5-6-18)14-24(34-36(23)26)32-19-3-1-17(2-4-19)13-25(37)35-9-11-39-12-10-35/h7-8,14-19,31H,1-6,9-13H2,(H,32,34)(H,29,33,38). The zero-order chi connectivity index (χ0) is 26.8. The number of amides is 2. The van der Waals surface area contributed by atoms with Crippen LogP contribution in [0.4, 0.5) is 21.6 Å². The number of fused-ring (bicyclic) bond motifs is 1. The summed E-state index contributed by atoms with van der Waals surface area (Å²) in [6.07, 6.45) is 10.5. The average molecular weight is 537 g/mol. The minimum atomic E-state index is -0.617. The van der Waals surface area contributed by atoms with Gasteiger partial charge < -0.3 is 25.6 Å². The third-order valence-corrected chi connectivity index (χ3v) is 7.68. The minimum absolute atomic E-state index is 0.0411. The number of nitrogens with zero attached hydrogens (tertiary/aromatic N) is 5. The molecule has 3 fully saturated rings. The van der Waals surface area contributed by atoms with E-state index in [0.717, 1.165) is 50.4 Å². The van der Waals surface area contributed by atoms with Crippen LogP contribution in [0.15, 0.2) is 30.7 Å². The van der Waals surface area contributed by atoms with Gasteiger partial charge in [-0.05, 0) is 50.5 Å². The van der Waals surface area contributed by atoms with Gasteiger partial charge in [-0.3, -0.25) is 14.6 Å². The van der Waals surface area contributed by atoms with E-state index in [4.69, 9.17) is 9.84 Å². The summed E-state index contributed by atoms with van der Waals surface area (Å²) in [5.74, 6) is 0.127. The third kappa shape index (κ3) is 5.95. The van der Waals surface area contributed by atoms with Crippen LogP contribution in [0.1, 0.15) is 55.4 Å². The van der Waals surface area contributed by atoms with Gasteiger partial charge >= 0.3 is 0 Å². The molecule has 1 saturated heterocycles. The normalized spacial score (nSPS) is 21.5. The lowest BCUT2D eigenvalue weighted by molar-refractivity contribution is -0.136. The molecule has 0 bridgehead atoms. The number of imidazole rings is 1. The van der Waals surface area contributed by atoms with Crippen LogP contribution in [0, 0.1) is 11.7 Å². The summed E-state index contributed by atoms with van der Waals surface area (Å²) in [4.78, 5) is 35.8. The second-order valence-electron chi connectivity index (χ2n) is 10.6. The maximum Gasteiger partial charge on any atom is 0.276 e. The van der Waals surface area contributed by atoms with Gasteiger partial charge in [-0.2, -0.15) is 0 Å². The zero-order valence-electron chi connectivity index (χ0n) is 21.7. The molecule has 2 amide bonds. The van der Waals surface area contributed by atoms with Gasteiger partial charge in [0.2, 0.25) is 5.91 Å². The molecule has 39 heavy (non-hydrogen) atoms. The van der Waals surface area contributed by atoms with Crippen molar-refractivity contribution in [3.05, 3.63) is 42.2 Å². The van der Waals surface area contributed by atoms with E-state index in [-0.39, 0.29) is 23.3 Å². The number of anilines is 3. The number of pyridine rings is 1. The van der Waals surface area contributed by atoms with Gasteiger partial charge in [0.1, 0.15) is 5.82 Å². The Morgan fingerprint density at radius 1 is 1.00 bits per heavy atom. The van der Waals surface area contributed by atoms with Gasteiger partial charge in [0.15, 0.2) is 17.2 Å². The van der Waals surface area contributed by atoms with E-state index in [2.05, 4.69) is 25.9 Å². The van der Waals surface area contributed by atoms with Crippen LogP contribution in [0.5, 0.6) is 0 Å². The number of hydrogen-bond donors (Lipinski definition) is 3. The molecule has 2 aliphatic carbocycles. The average Bonchev–Trinajstić information content (AvgIpc) is 3.66. The third-order valence-electron chi connectivity index (χ3n) is 7.68. The number of nitrogens with one attached hydrogen (secondary N) is 3. The number of morpholine rings is 1. The lowest BCUT2D eigenvalue weighted by Crippen LogP contribution is -2.41.